The number of aromatic nitrogens is 2. The van der Waals surface area contributed by atoms with E-state index in [1.807, 2.05) is 29.2 Å². The smallest absolute Gasteiger partial charge is 0.227 e. The summed E-state index contributed by atoms with van der Waals surface area (Å²) >= 11 is 5.92. The topological polar surface area (TPSA) is 59.2 Å². The molecule has 2 aromatic rings. The first-order valence-electron chi connectivity index (χ1n) is 8.08. The van der Waals surface area contributed by atoms with Gasteiger partial charge in [0.15, 0.2) is 5.82 Å². The molecule has 1 saturated heterocycles. The maximum atomic E-state index is 12.4. The van der Waals surface area contributed by atoms with Gasteiger partial charge in [0, 0.05) is 30.3 Å². The van der Waals surface area contributed by atoms with Gasteiger partial charge in [0.05, 0.1) is 6.04 Å². The van der Waals surface area contributed by atoms with E-state index in [4.69, 9.17) is 16.1 Å². The van der Waals surface area contributed by atoms with Crippen molar-refractivity contribution < 1.29 is 9.32 Å². The molecule has 1 atom stereocenters. The van der Waals surface area contributed by atoms with Crippen LogP contribution in [0.3, 0.4) is 0 Å². The molecule has 6 heteroatoms. The highest BCUT2D eigenvalue weighted by atomic mass is 35.5. The summed E-state index contributed by atoms with van der Waals surface area (Å²) in [5.74, 6) is 1.99. The molecule has 0 radical (unpaired) electrons. The Balaban J connectivity index is 1.34. The number of rotatable bonds is 5. The predicted molar refractivity (Wildman–Crippen MR) is 85.1 cm³/mol. The first kappa shape index (κ1) is 14.7. The number of aryl methyl sites for hydroxylation is 1. The minimum absolute atomic E-state index is 0.141. The van der Waals surface area contributed by atoms with Crippen molar-refractivity contribution in [1.29, 1.82) is 0 Å². The number of hydrogen-bond donors (Lipinski definition) is 0. The maximum Gasteiger partial charge on any atom is 0.227 e. The van der Waals surface area contributed by atoms with E-state index in [0.717, 1.165) is 37.2 Å². The third kappa shape index (κ3) is 3.11. The van der Waals surface area contributed by atoms with Gasteiger partial charge in [0.2, 0.25) is 11.8 Å². The zero-order valence-corrected chi connectivity index (χ0v) is 13.5. The Bertz CT molecular complexity index is 709. The van der Waals surface area contributed by atoms with Gasteiger partial charge < -0.3 is 9.42 Å². The van der Waals surface area contributed by atoms with Crippen LogP contribution in [0.15, 0.2) is 28.8 Å². The number of amides is 1. The van der Waals surface area contributed by atoms with Gasteiger partial charge in [-0.25, -0.2) is 0 Å². The number of carbonyl (C=O) groups excluding carboxylic acids is 1. The van der Waals surface area contributed by atoms with Gasteiger partial charge in [-0.05, 0) is 37.0 Å². The van der Waals surface area contributed by atoms with Gasteiger partial charge in [-0.3, -0.25) is 4.79 Å². The Morgan fingerprint density at radius 1 is 1.26 bits per heavy atom. The fraction of sp³-hybridized carbons (Fsp3) is 0.471. The molecule has 1 amide bonds. The highest BCUT2D eigenvalue weighted by molar-refractivity contribution is 6.30. The van der Waals surface area contributed by atoms with E-state index < -0.39 is 0 Å². The quantitative estimate of drug-likeness (QED) is 0.841. The van der Waals surface area contributed by atoms with Crippen LogP contribution in [0.25, 0.3) is 0 Å². The lowest BCUT2D eigenvalue weighted by atomic mass is 9.94. The van der Waals surface area contributed by atoms with Crippen LogP contribution in [-0.2, 0) is 11.2 Å². The van der Waals surface area contributed by atoms with E-state index in [0.29, 0.717) is 29.7 Å². The molecule has 2 heterocycles. The lowest BCUT2D eigenvalue weighted by molar-refractivity contribution is -0.139. The van der Waals surface area contributed by atoms with Crippen LogP contribution < -0.4 is 0 Å². The van der Waals surface area contributed by atoms with Crippen molar-refractivity contribution >= 4 is 17.5 Å². The summed E-state index contributed by atoms with van der Waals surface area (Å²) in [5.41, 5.74) is 1.14. The molecule has 2 aliphatic rings. The van der Waals surface area contributed by atoms with Gasteiger partial charge in [0.25, 0.3) is 0 Å². The van der Waals surface area contributed by atoms with Gasteiger partial charge in [0.1, 0.15) is 0 Å². The lowest BCUT2D eigenvalue weighted by Crippen LogP contribution is -2.45. The van der Waals surface area contributed by atoms with Crippen LogP contribution in [0.5, 0.6) is 0 Å². The highest BCUT2D eigenvalue weighted by Crippen LogP contribution is 2.38. The van der Waals surface area contributed by atoms with Crippen molar-refractivity contribution in [2.24, 2.45) is 0 Å². The van der Waals surface area contributed by atoms with Gasteiger partial charge in [-0.15, -0.1) is 0 Å². The van der Waals surface area contributed by atoms with Crippen LogP contribution in [0.4, 0.5) is 0 Å². The lowest BCUT2D eigenvalue weighted by Gasteiger charge is -2.41. The molecule has 1 aliphatic heterocycles. The first-order chi connectivity index (χ1) is 11.2. The molecule has 1 aliphatic carbocycles. The summed E-state index contributed by atoms with van der Waals surface area (Å²) < 4.78 is 5.23. The van der Waals surface area contributed by atoms with E-state index in [-0.39, 0.29) is 11.9 Å². The van der Waals surface area contributed by atoms with Gasteiger partial charge in [-0.1, -0.05) is 28.9 Å². The molecule has 2 fully saturated rings. The van der Waals surface area contributed by atoms with Crippen molar-refractivity contribution in [3.8, 4) is 0 Å². The summed E-state index contributed by atoms with van der Waals surface area (Å²) in [7, 11) is 0. The SMILES string of the molecule is O=C(CCc1nc(C2CC2)no1)N1CC[C@H]1c1ccc(Cl)cc1. The second-order valence-corrected chi connectivity index (χ2v) is 6.70. The number of benzene rings is 1. The normalized spacial score (nSPS) is 20.4. The molecule has 0 N–H and O–H groups in total. The molecule has 23 heavy (non-hydrogen) atoms. The molecule has 4 rings (SSSR count). The number of nitrogens with zero attached hydrogens (tertiary/aromatic N) is 3. The zero-order chi connectivity index (χ0) is 15.8. The fourth-order valence-corrected chi connectivity index (χ4v) is 3.08. The van der Waals surface area contributed by atoms with Gasteiger partial charge in [-0.2, -0.15) is 4.98 Å². The van der Waals surface area contributed by atoms with Crippen molar-refractivity contribution in [1.82, 2.24) is 15.0 Å². The minimum atomic E-state index is 0.141. The van der Waals surface area contributed by atoms with Crippen molar-refractivity contribution in [3.63, 3.8) is 0 Å². The Morgan fingerprint density at radius 3 is 2.70 bits per heavy atom. The molecule has 1 saturated carbocycles. The molecular weight excluding hydrogens is 314 g/mol. The Labute approximate surface area is 139 Å². The summed E-state index contributed by atoms with van der Waals surface area (Å²) in [6.45, 7) is 0.809. The number of halogens is 1. The standard InChI is InChI=1S/C17H18ClN3O2/c18-13-5-3-11(4-6-13)14-9-10-21(14)16(22)8-7-15-19-17(20-23-15)12-1-2-12/h3-6,12,14H,1-2,7-10H2/t14-/m0/s1. The van der Waals surface area contributed by atoms with E-state index >= 15 is 0 Å². The third-order valence-corrected chi connectivity index (χ3v) is 4.83. The monoisotopic (exact) mass is 331 g/mol. The van der Waals surface area contributed by atoms with Crippen LogP contribution in [0.2, 0.25) is 5.02 Å². The molecule has 1 aromatic carbocycles. The van der Waals surface area contributed by atoms with E-state index in [9.17, 15) is 4.79 Å². The molecule has 0 spiro atoms. The van der Waals surface area contributed by atoms with E-state index in [2.05, 4.69) is 10.1 Å². The zero-order valence-electron chi connectivity index (χ0n) is 12.7. The first-order valence-corrected chi connectivity index (χ1v) is 8.46. The van der Waals surface area contributed by atoms with Crippen molar-refractivity contribution in [3.05, 3.63) is 46.6 Å². The molecule has 1 aromatic heterocycles. The average molecular weight is 332 g/mol. The molecule has 0 bridgehead atoms. The fourth-order valence-electron chi connectivity index (χ4n) is 2.95. The second kappa shape index (κ2) is 5.96. The van der Waals surface area contributed by atoms with Gasteiger partial charge >= 0.3 is 0 Å². The summed E-state index contributed by atoms with van der Waals surface area (Å²) in [4.78, 5) is 18.7. The average Bonchev–Trinajstić information content (AvgIpc) is 3.25. The highest BCUT2D eigenvalue weighted by Gasteiger charge is 2.33. The number of carbonyl (C=O) groups is 1. The number of hydrogen-bond acceptors (Lipinski definition) is 4. The third-order valence-electron chi connectivity index (χ3n) is 4.57. The predicted octanol–water partition coefficient (Wildman–Crippen LogP) is 3.51. The molecule has 5 nitrogen and oxygen atoms in total. The molecule has 120 valence electrons. The van der Waals surface area contributed by atoms with Crippen LogP contribution in [0.1, 0.15) is 54.9 Å². The second-order valence-electron chi connectivity index (χ2n) is 6.26. The molecule has 0 unspecified atom stereocenters. The maximum absolute atomic E-state index is 12.4. The Kier molecular flexibility index (Phi) is 3.81. The minimum Gasteiger partial charge on any atom is -0.339 e. The van der Waals surface area contributed by atoms with Crippen molar-refractivity contribution in [2.45, 2.75) is 44.1 Å². The van der Waals surface area contributed by atoms with Crippen LogP contribution in [-0.4, -0.2) is 27.5 Å². The number of likely N-dealkylation sites (tertiary alicyclic amines) is 1. The summed E-state index contributed by atoms with van der Waals surface area (Å²) in [5, 5.41) is 4.70. The van der Waals surface area contributed by atoms with E-state index in [1.165, 1.54) is 0 Å². The summed E-state index contributed by atoms with van der Waals surface area (Å²) in [6.07, 6.45) is 4.22. The Hall–Kier alpha value is -1.88. The van der Waals surface area contributed by atoms with Crippen molar-refractivity contribution in [2.75, 3.05) is 6.54 Å². The van der Waals surface area contributed by atoms with Crippen LogP contribution >= 0.6 is 11.6 Å². The summed E-state index contributed by atoms with van der Waals surface area (Å²) in [6, 6.07) is 7.90. The van der Waals surface area contributed by atoms with Crippen LogP contribution in [0, 0.1) is 0 Å². The Morgan fingerprint density at radius 2 is 2.04 bits per heavy atom. The molecular formula is C17H18ClN3O2. The van der Waals surface area contributed by atoms with E-state index in [1.54, 1.807) is 0 Å². The largest absolute Gasteiger partial charge is 0.339 e.